The SMILES string of the molecule is CC(C)CCC[C@@H](C)C1CCC2C3CC[C@H]4CC(OS(C)(=O)=O)[C@@H]5O[C@@H]5C4(C)C3CCC21C. The molecule has 0 N–H and O–H groups in total. The van der Waals surface area contributed by atoms with Crippen LogP contribution in [0.25, 0.3) is 0 Å². The lowest BCUT2D eigenvalue weighted by Gasteiger charge is -2.60. The lowest BCUT2D eigenvalue weighted by atomic mass is 9.44. The van der Waals surface area contributed by atoms with Crippen LogP contribution in [0.3, 0.4) is 0 Å². The van der Waals surface area contributed by atoms with E-state index in [1.54, 1.807) is 0 Å². The van der Waals surface area contributed by atoms with Crippen LogP contribution in [-0.2, 0) is 19.0 Å². The van der Waals surface area contributed by atoms with E-state index >= 15 is 0 Å². The van der Waals surface area contributed by atoms with Crippen LogP contribution in [0.2, 0.25) is 0 Å². The van der Waals surface area contributed by atoms with E-state index in [1.165, 1.54) is 64.0 Å². The highest BCUT2D eigenvalue weighted by Gasteiger charge is 2.70. The normalized spacial score (nSPS) is 49.7. The fraction of sp³-hybridized carbons (Fsp3) is 1.00. The summed E-state index contributed by atoms with van der Waals surface area (Å²) in [6, 6.07) is 0. The van der Waals surface area contributed by atoms with Crippen molar-refractivity contribution in [3.8, 4) is 0 Å². The zero-order valence-electron chi connectivity index (χ0n) is 21.9. The van der Waals surface area contributed by atoms with Crippen LogP contribution in [0.1, 0.15) is 98.8 Å². The molecular weight excluding hydrogens is 432 g/mol. The average molecular weight is 481 g/mol. The minimum absolute atomic E-state index is 0.00894. The van der Waals surface area contributed by atoms with Crippen molar-refractivity contribution < 1.29 is 17.3 Å². The van der Waals surface area contributed by atoms with Crippen LogP contribution in [-0.4, -0.2) is 33.0 Å². The molecule has 4 nitrogen and oxygen atoms in total. The molecule has 5 heteroatoms. The number of fused-ring (bicyclic) bond motifs is 7. The summed E-state index contributed by atoms with van der Waals surface area (Å²) in [5.41, 5.74) is 0.718. The first-order valence-corrected chi connectivity index (χ1v) is 15.8. The van der Waals surface area contributed by atoms with Gasteiger partial charge in [-0.2, -0.15) is 8.42 Å². The largest absolute Gasteiger partial charge is 0.366 e. The van der Waals surface area contributed by atoms with Gasteiger partial charge in [-0.25, -0.2) is 0 Å². The zero-order chi connectivity index (χ0) is 23.8. The van der Waals surface area contributed by atoms with Gasteiger partial charge in [0, 0.05) is 5.41 Å². The average Bonchev–Trinajstić information content (AvgIpc) is 3.44. The topological polar surface area (TPSA) is 55.9 Å². The van der Waals surface area contributed by atoms with E-state index < -0.39 is 10.1 Å². The van der Waals surface area contributed by atoms with Crippen LogP contribution in [0, 0.1) is 52.3 Å². The molecule has 190 valence electrons. The molecule has 0 aromatic heterocycles. The van der Waals surface area contributed by atoms with Crippen molar-refractivity contribution >= 4 is 10.1 Å². The van der Waals surface area contributed by atoms with Crippen LogP contribution < -0.4 is 0 Å². The molecule has 1 heterocycles. The van der Waals surface area contributed by atoms with Crippen LogP contribution in [0.5, 0.6) is 0 Å². The van der Waals surface area contributed by atoms with Gasteiger partial charge in [0.05, 0.1) is 12.4 Å². The van der Waals surface area contributed by atoms with Gasteiger partial charge in [-0.3, -0.25) is 4.18 Å². The molecule has 0 aromatic rings. The number of epoxide rings is 1. The molecule has 4 saturated carbocycles. The Hall–Kier alpha value is -0.130. The molecule has 5 aliphatic rings. The van der Waals surface area contributed by atoms with Gasteiger partial charge < -0.3 is 4.74 Å². The Labute approximate surface area is 203 Å². The molecule has 0 aromatic carbocycles. The number of rotatable bonds is 7. The Morgan fingerprint density at radius 1 is 1.00 bits per heavy atom. The fourth-order valence-electron chi connectivity index (χ4n) is 9.95. The van der Waals surface area contributed by atoms with Crippen LogP contribution >= 0.6 is 0 Å². The second-order valence-electron chi connectivity index (χ2n) is 13.6. The molecule has 0 radical (unpaired) electrons. The van der Waals surface area contributed by atoms with Gasteiger partial charge in [-0.1, -0.05) is 53.9 Å². The number of hydrogen-bond donors (Lipinski definition) is 0. The summed E-state index contributed by atoms with van der Waals surface area (Å²) in [6.07, 6.45) is 14.2. The van der Waals surface area contributed by atoms with Crippen molar-refractivity contribution in [1.29, 1.82) is 0 Å². The second kappa shape index (κ2) is 8.47. The third-order valence-electron chi connectivity index (χ3n) is 11.5. The molecule has 0 amide bonds. The summed E-state index contributed by atoms with van der Waals surface area (Å²) in [6.45, 7) is 12.4. The summed E-state index contributed by atoms with van der Waals surface area (Å²) in [7, 11) is -3.44. The number of ether oxygens (including phenoxy) is 1. The first-order valence-electron chi connectivity index (χ1n) is 14.0. The van der Waals surface area contributed by atoms with Gasteiger partial charge in [0.1, 0.15) is 12.2 Å². The molecule has 0 bridgehead atoms. The van der Waals surface area contributed by atoms with Crippen LogP contribution in [0.4, 0.5) is 0 Å². The van der Waals surface area contributed by atoms with Gasteiger partial charge in [-0.05, 0) is 91.8 Å². The van der Waals surface area contributed by atoms with Crippen LogP contribution in [0.15, 0.2) is 0 Å². The quantitative estimate of drug-likeness (QED) is 0.311. The summed E-state index contributed by atoms with van der Waals surface area (Å²) in [5, 5.41) is 0. The molecule has 5 rings (SSSR count). The standard InChI is InChI=1S/C28H48O4S/c1-17(2)8-7-9-18(3)21-12-13-22-20-11-10-19-16-24(32-33(6,29)30)25-26(31-25)28(19,5)23(20)14-15-27(21,22)4/h17-26H,7-16H2,1-6H3/t18-,19+,20?,21?,22?,23?,24?,25+,26+,27?,28?/m1/s1. The first kappa shape index (κ1) is 24.6. The first-order chi connectivity index (χ1) is 15.4. The minimum Gasteiger partial charge on any atom is -0.366 e. The van der Waals surface area contributed by atoms with E-state index in [0.29, 0.717) is 11.3 Å². The van der Waals surface area contributed by atoms with Gasteiger partial charge in [0.2, 0.25) is 0 Å². The summed E-state index contributed by atoms with van der Waals surface area (Å²) in [5.74, 6) is 5.53. The summed E-state index contributed by atoms with van der Waals surface area (Å²) >= 11 is 0. The second-order valence-corrected chi connectivity index (χ2v) is 15.2. The van der Waals surface area contributed by atoms with E-state index in [9.17, 15) is 8.42 Å². The summed E-state index contributed by atoms with van der Waals surface area (Å²) < 4.78 is 35.3. The highest BCUT2D eigenvalue weighted by Crippen LogP contribution is 2.70. The zero-order valence-corrected chi connectivity index (χ0v) is 22.7. The molecule has 0 spiro atoms. The summed E-state index contributed by atoms with van der Waals surface area (Å²) in [4.78, 5) is 0. The van der Waals surface area contributed by atoms with E-state index in [1.807, 2.05) is 0 Å². The predicted molar refractivity (Wildman–Crippen MR) is 132 cm³/mol. The molecule has 1 aliphatic heterocycles. The lowest BCUT2D eigenvalue weighted by molar-refractivity contribution is -0.121. The van der Waals surface area contributed by atoms with E-state index in [0.717, 1.165) is 41.9 Å². The molecule has 5 fully saturated rings. The Bertz CT molecular complexity index is 839. The van der Waals surface area contributed by atoms with Crippen molar-refractivity contribution in [2.45, 2.75) is 117 Å². The van der Waals surface area contributed by atoms with Crippen molar-refractivity contribution in [2.75, 3.05) is 6.26 Å². The molecule has 11 atom stereocenters. The van der Waals surface area contributed by atoms with Crippen molar-refractivity contribution in [3.63, 3.8) is 0 Å². The maximum Gasteiger partial charge on any atom is 0.264 e. The maximum atomic E-state index is 11.8. The smallest absolute Gasteiger partial charge is 0.264 e. The van der Waals surface area contributed by atoms with E-state index in [2.05, 4.69) is 34.6 Å². The van der Waals surface area contributed by atoms with Crippen molar-refractivity contribution in [3.05, 3.63) is 0 Å². The molecule has 33 heavy (non-hydrogen) atoms. The van der Waals surface area contributed by atoms with Gasteiger partial charge in [-0.15, -0.1) is 0 Å². The van der Waals surface area contributed by atoms with Gasteiger partial charge >= 0.3 is 0 Å². The Morgan fingerprint density at radius 2 is 1.76 bits per heavy atom. The van der Waals surface area contributed by atoms with Gasteiger partial charge in [0.15, 0.2) is 0 Å². The Kier molecular flexibility index (Phi) is 6.31. The maximum absolute atomic E-state index is 11.8. The monoisotopic (exact) mass is 480 g/mol. The molecular formula is C28H48O4S. The highest BCUT2D eigenvalue weighted by molar-refractivity contribution is 7.86. The highest BCUT2D eigenvalue weighted by atomic mass is 32.2. The Morgan fingerprint density at radius 3 is 2.45 bits per heavy atom. The predicted octanol–water partition coefficient (Wildman–Crippen LogP) is 6.44. The van der Waals surface area contributed by atoms with Gasteiger partial charge in [0.25, 0.3) is 10.1 Å². The Balaban J connectivity index is 1.30. The minimum atomic E-state index is -3.44. The lowest BCUT2D eigenvalue weighted by Crippen LogP contribution is -2.57. The molecule has 7 unspecified atom stereocenters. The number of hydrogen-bond acceptors (Lipinski definition) is 4. The van der Waals surface area contributed by atoms with E-state index in [-0.39, 0.29) is 23.7 Å². The molecule has 1 saturated heterocycles. The molecule has 4 aliphatic carbocycles. The fourth-order valence-corrected chi connectivity index (χ4v) is 10.6. The van der Waals surface area contributed by atoms with Crippen molar-refractivity contribution in [2.24, 2.45) is 52.3 Å². The van der Waals surface area contributed by atoms with E-state index in [4.69, 9.17) is 8.92 Å². The third kappa shape index (κ3) is 4.14. The third-order valence-corrected chi connectivity index (χ3v) is 12.1. The van der Waals surface area contributed by atoms with Crippen molar-refractivity contribution in [1.82, 2.24) is 0 Å².